The van der Waals surface area contributed by atoms with Crippen molar-refractivity contribution in [1.29, 1.82) is 0 Å². The monoisotopic (exact) mass is 274 g/mol. The first kappa shape index (κ1) is 12.7. The van der Waals surface area contributed by atoms with Gasteiger partial charge in [-0.2, -0.15) is 0 Å². The van der Waals surface area contributed by atoms with Crippen LogP contribution in [0.5, 0.6) is 17.2 Å². The van der Waals surface area contributed by atoms with Gasteiger partial charge in [0.2, 0.25) is 5.75 Å². The Balaban J connectivity index is 1.92. The van der Waals surface area contributed by atoms with Crippen molar-refractivity contribution >= 4 is 5.82 Å². The molecule has 104 valence electrons. The molecule has 3 rings (SSSR count). The number of nitrogens with one attached hydrogen (secondary N) is 1. The summed E-state index contributed by atoms with van der Waals surface area (Å²) in [5.41, 5.74) is 0.587. The van der Waals surface area contributed by atoms with Crippen LogP contribution < -0.4 is 14.8 Å². The zero-order chi connectivity index (χ0) is 13.9. The molecular formula is C15H15FN2O2. The predicted octanol–water partition coefficient (Wildman–Crippen LogP) is 3.52. The average Bonchev–Trinajstić information content (AvgIpc) is 2.69. The van der Waals surface area contributed by atoms with Crippen LogP contribution in [0.4, 0.5) is 10.2 Å². The summed E-state index contributed by atoms with van der Waals surface area (Å²) in [6, 6.07) is 6.49. The Labute approximate surface area is 116 Å². The lowest BCUT2D eigenvalue weighted by atomic mass is 10.2. The van der Waals surface area contributed by atoms with Gasteiger partial charge in [-0.05, 0) is 25.0 Å². The Hall–Kier alpha value is -2.30. The molecule has 4 nitrogen and oxygen atoms in total. The van der Waals surface area contributed by atoms with E-state index < -0.39 is 0 Å². The van der Waals surface area contributed by atoms with Crippen LogP contribution in [0.1, 0.15) is 12.0 Å². The van der Waals surface area contributed by atoms with Crippen LogP contribution in [0, 0.1) is 12.7 Å². The zero-order valence-corrected chi connectivity index (χ0v) is 11.1. The van der Waals surface area contributed by atoms with E-state index >= 15 is 0 Å². The van der Waals surface area contributed by atoms with Gasteiger partial charge in [0.15, 0.2) is 11.6 Å². The molecule has 0 radical (unpaired) electrons. The minimum atomic E-state index is -0.290. The highest BCUT2D eigenvalue weighted by molar-refractivity contribution is 5.59. The van der Waals surface area contributed by atoms with Crippen molar-refractivity contribution in [2.45, 2.75) is 13.3 Å². The summed E-state index contributed by atoms with van der Waals surface area (Å²) in [5.74, 6) is 1.92. The highest BCUT2D eigenvalue weighted by atomic mass is 19.1. The van der Waals surface area contributed by atoms with Gasteiger partial charge in [0.25, 0.3) is 0 Å². The molecule has 0 spiro atoms. The van der Waals surface area contributed by atoms with Gasteiger partial charge in [0.05, 0.1) is 6.61 Å². The lowest BCUT2D eigenvalue weighted by Gasteiger charge is -2.13. The summed E-state index contributed by atoms with van der Waals surface area (Å²) >= 11 is 0. The van der Waals surface area contributed by atoms with Gasteiger partial charge in [-0.15, -0.1) is 0 Å². The number of aryl methyl sites for hydroxylation is 1. The third-order valence-corrected chi connectivity index (χ3v) is 3.10. The van der Waals surface area contributed by atoms with E-state index in [0.717, 1.165) is 13.0 Å². The second kappa shape index (κ2) is 5.36. The van der Waals surface area contributed by atoms with Gasteiger partial charge < -0.3 is 14.8 Å². The largest absolute Gasteiger partial charge is 0.486 e. The molecule has 0 saturated heterocycles. The van der Waals surface area contributed by atoms with Crippen molar-refractivity contribution < 1.29 is 13.9 Å². The fraction of sp³-hybridized carbons (Fsp3) is 0.267. The third-order valence-electron chi connectivity index (χ3n) is 3.10. The Kier molecular flexibility index (Phi) is 3.41. The molecule has 1 aliphatic heterocycles. The Morgan fingerprint density at radius 1 is 1.35 bits per heavy atom. The van der Waals surface area contributed by atoms with E-state index in [-0.39, 0.29) is 5.82 Å². The number of benzene rings is 1. The molecule has 0 atom stereocenters. The number of hydrogen-bond donors (Lipinski definition) is 1. The van der Waals surface area contributed by atoms with Crippen LogP contribution in [0.2, 0.25) is 0 Å². The average molecular weight is 274 g/mol. The first-order valence-electron chi connectivity index (χ1n) is 6.54. The molecule has 2 heterocycles. The number of fused-ring (bicyclic) bond motifs is 1. The Morgan fingerprint density at radius 3 is 3.10 bits per heavy atom. The van der Waals surface area contributed by atoms with Crippen LogP contribution in [-0.4, -0.2) is 18.1 Å². The summed E-state index contributed by atoms with van der Waals surface area (Å²) in [6.07, 6.45) is 2.54. The SMILES string of the molecule is Cc1ccc(Oc2ccnc3c2OCCCN3)cc1F. The standard InChI is InChI=1S/C15H15FN2O2/c1-10-3-4-11(9-12(10)16)20-13-5-7-18-15-14(13)19-8-2-6-17-15/h3-5,7,9H,2,6,8H2,1H3,(H,17,18). The molecule has 0 unspecified atom stereocenters. The smallest absolute Gasteiger partial charge is 0.204 e. The Morgan fingerprint density at radius 2 is 2.25 bits per heavy atom. The molecule has 0 bridgehead atoms. The van der Waals surface area contributed by atoms with Gasteiger partial charge in [-0.25, -0.2) is 9.37 Å². The molecule has 2 aromatic rings. The van der Waals surface area contributed by atoms with Gasteiger partial charge in [-0.3, -0.25) is 0 Å². The van der Waals surface area contributed by atoms with Gasteiger partial charge in [0, 0.05) is 24.9 Å². The lowest BCUT2D eigenvalue weighted by molar-refractivity contribution is 0.306. The van der Waals surface area contributed by atoms with Gasteiger partial charge in [0.1, 0.15) is 11.6 Å². The van der Waals surface area contributed by atoms with Crippen molar-refractivity contribution in [3.63, 3.8) is 0 Å². The van der Waals surface area contributed by atoms with Crippen LogP contribution >= 0.6 is 0 Å². The number of anilines is 1. The van der Waals surface area contributed by atoms with E-state index in [9.17, 15) is 4.39 Å². The molecule has 20 heavy (non-hydrogen) atoms. The van der Waals surface area contributed by atoms with Crippen molar-refractivity contribution in [3.05, 3.63) is 41.8 Å². The van der Waals surface area contributed by atoms with Crippen LogP contribution in [0.15, 0.2) is 30.5 Å². The molecule has 1 aromatic heterocycles. The second-order valence-electron chi connectivity index (χ2n) is 4.63. The van der Waals surface area contributed by atoms with Crippen molar-refractivity contribution in [3.8, 4) is 17.2 Å². The molecule has 0 amide bonds. The highest BCUT2D eigenvalue weighted by Crippen LogP contribution is 2.37. The number of nitrogens with zero attached hydrogens (tertiary/aromatic N) is 1. The van der Waals surface area contributed by atoms with E-state index in [1.54, 1.807) is 31.3 Å². The minimum Gasteiger partial charge on any atom is -0.486 e. The van der Waals surface area contributed by atoms with Gasteiger partial charge >= 0.3 is 0 Å². The van der Waals surface area contributed by atoms with Crippen LogP contribution in [-0.2, 0) is 0 Å². The maximum atomic E-state index is 13.6. The first-order chi connectivity index (χ1) is 9.74. The summed E-state index contributed by atoms with van der Waals surface area (Å²) < 4.78 is 24.9. The Bertz CT molecular complexity index is 631. The van der Waals surface area contributed by atoms with Crippen molar-refractivity contribution in [1.82, 2.24) is 4.98 Å². The molecule has 0 aliphatic carbocycles. The molecule has 1 aromatic carbocycles. The van der Waals surface area contributed by atoms with E-state index in [1.165, 1.54) is 6.07 Å². The van der Waals surface area contributed by atoms with Crippen LogP contribution in [0.25, 0.3) is 0 Å². The third kappa shape index (κ3) is 2.52. The van der Waals surface area contributed by atoms with E-state index in [4.69, 9.17) is 9.47 Å². The first-order valence-corrected chi connectivity index (χ1v) is 6.54. The van der Waals surface area contributed by atoms with Crippen molar-refractivity contribution in [2.75, 3.05) is 18.5 Å². The highest BCUT2D eigenvalue weighted by Gasteiger charge is 2.16. The second-order valence-corrected chi connectivity index (χ2v) is 4.63. The van der Waals surface area contributed by atoms with Crippen LogP contribution in [0.3, 0.4) is 0 Å². The topological polar surface area (TPSA) is 43.4 Å². The van der Waals surface area contributed by atoms with Crippen molar-refractivity contribution in [2.24, 2.45) is 0 Å². The quantitative estimate of drug-likeness (QED) is 0.910. The number of rotatable bonds is 2. The number of pyridine rings is 1. The molecular weight excluding hydrogens is 259 g/mol. The molecule has 1 N–H and O–H groups in total. The fourth-order valence-corrected chi connectivity index (χ4v) is 1.99. The number of hydrogen-bond acceptors (Lipinski definition) is 4. The minimum absolute atomic E-state index is 0.290. The summed E-state index contributed by atoms with van der Waals surface area (Å²) in [5, 5.41) is 3.18. The fourth-order valence-electron chi connectivity index (χ4n) is 1.99. The lowest BCUT2D eigenvalue weighted by Crippen LogP contribution is -2.01. The number of ether oxygens (including phenoxy) is 2. The van der Waals surface area contributed by atoms with E-state index in [1.807, 2.05) is 0 Å². The molecule has 0 saturated carbocycles. The zero-order valence-electron chi connectivity index (χ0n) is 11.1. The summed E-state index contributed by atoms with van der Waals surface area (Å²) in [7, 11) is 0. The normalized spacial score (nSPS) is 13.7. The number of aromatic nitrogens is 1. The maximum Gasteiger partial charge on any atom is 0.204 e. The summed E-state index contributed by atoms with van der Waals surface area (Å²) in [4.78, 5) is 4.22. The molecule has 1 aliphatic rings. The number of halogens is 1. The molecule has 0 fully saturated rings. The molecule has 5 heteroatoms. The van der Waals surface area contributed by atoms with E-state index in [0.29, 0.717) is 35.2 Å². The predicted molar refractivity (Wildman–Crippen MR) is 74.0 cm³/mol. The van der Waals surface area contributed by atoms with Gasteiger partial charge in [-0.1, -0.05) is 6.07 Å². The summed E-state index contributed by atoms with van der Waals surface area (Å²) in [6.45, 7) is 3.12. The maximum absolute atomic E-state index is 13.6. The van der Waals surface area contributed by atoms with E-state index in [2.05, 4.69) is 10.3 Å².